The molecule has 148 valence electrons. The van der Waals surface area contributed by atoms with E-state index in [0.717, 1.165) is 18.9 Å². The summed E-state index contributed by atoms with van der Waals surface area (Å²) in [5, 5.41) is 8.80. The highest BCUT2D eigenvalue weighted by Crippen LogP contribution is 2.22. The second kappa shape index (κ2) is 9.61. The van der Waals surface area contributed by atoms with E-state index in [4.69, 9.17) is 23.2 Å². The van der Waals surface area contributed by atoms with Gasteiger partial charge in [0.25, 0.3) is 5.91 Å². The summed E-state index contributed by atoms with van der Waals surface area (Å²) >= 11 is 11.7. The molecule has 28 heavy (non-hydrogen) atoms. The highest BCUT2D eigenvalue weighted by molar-refractivity contribution is 6.42. The number of hydrogen-bond donors (Lipinski definition) is 3. The van der Waals surface area contributed by atoms with Crippen molar-refractivity contribution in [3.8, 4) is 0 Å². The molecule has 0 radical (unpaired) electrons. The highest BCUT2D eigenvalue weighted by Gasteiger charge is 2.13. The summed E-state index contributed by atoms with van der Waals surface area (Å²) in [6.07, 6.45) is 4.01. The van der Waals surface area contributed by atoms with Gasteiger partial charge in [0.15, 0.2) is 0 Å². The lowest BCUT2D eigenvalue weighted by atomic mass is 10.2. The monoisotopic (exact) mass is 421 g/mol. The Morgan fingerprint density at radius 1 is 1.00 bits per heavy atom. The van der Waals surface area contributed by atoms with Crippen molar-refractivity contribution < 1.29 is 9.59 Å². The van der Waals surface area contributed by atoms with Crippen LogP contribution in [0.3, 0.4) is 0 Å². The van der Waals surface area contributed by atoms with Crippen LogP contribution < -0.4 is 20.9 Å². The van der Waals surface area contributed by atoms with Gasteiger partial charge in [-0.1, -0.05) is 23.2 Å². The quantitative estimate of drug-likeness (QED) is 0.622. The molecule has 1 saturated heterocycles. The van der Waals surface area contributed by atoms with Crippen molar-refractivity contribution in [2.45, 2.75) is 12.8 Å². The topological polar surface area (TPSA) is 86.4 Å². The fourth-order valence-electron chi connectivity index (χ4n) is 2.86. The maximum atomic E-state index is 12.0. The first-order valence-corrected chi connectivity index (χ1v) is 9.77. The third-order valence-corrected chi connectivity index (χ3v) is 5.05. The van der Waals surface area contributed by atoms with E-state index in [2.05, 4.69) is 25.8 Å². The average molecular weight is 422 g/mol. The second-order valence-corrected chi connectivity index (χ2v) is 7.18. The number of carbonyl (C=O) groups excluding carboxylic acids is 2. The van der Waals surface area contributed by atoms with Crippen molar-refractivity contribution in [2.24, 2.45) is 0 Å². The Morgan fingerprint density at radius 2 is 1.75 bits per heavy atom. The molecule has 0 atom stereocenters. The van der Waals surface area contributed by atoms with Gasteiger partial charge >= 0.3 is 6.03 Å². The number of aromatic nitrogens is 1. The van der Waals surface area contributed by atoms with Crippen LogP contribution in [0.1, 0.15) is 23.2 Å². The standard InChI is InChI=1S/C19H21Cl2N5O2/c20-15-5-3-13(11-16(15)21)18(27)22-7-8-23-19(28)25-14-4-6-17(24-12-14)26-9-1-2-10-26/h3-6,11-12H,1-2,7-10H2,(H,22,27)(H2,23,25,28). The Hall–Kier alpha value is -2.51. The molecule has 1 fully saturated rings. The molecule has 3 rings (SSSR count). The number of nitrogens with one attached hydrogen (secondary N) is 3. The first kappa shape index (κ1) is 20.2. The lowest BCUT2D eigenvalue weighted by Gasteiger charge is -2.16. The van der Waals surface area contributed by atoms with Crippen molar-refractivity contribution in [1.82, 2.24) is 15.6 Å². The number of carbonyl (C=O) groups is 2. The summed E-state index contributed by atoms with van der Waals surface area (Å²) in [7, 11) is 0. The van der Waals surface area contributed by atoms with E-state index < -0.39 is 0 Å². The summed E-state index contributed by atoms with van der Waals surface area (Å²) in [5.41, 5.74) is 1.02. The second-order valence-electron chi connectivity index (χ2n) is 6.36. The number of hydrogen-bond acceptors (Lipinski definition) is 4. The molecule has 3 N–H and O–H groups in total. The Bertz CT molecular complexity index is 839. The van der Waals surface area contributed by atoms with Gasteiger partial charge in [0.2, 0.25) is 0 Å². The molecular formula is C19H21Cl2N5O2. The zero-order valence-corrected chi connectivity index (χ0v) is 16.7. The molecule has 0 saturated carbocycles. The third kappa shape index (κ3) is 5.50. The van der Waals surface area contributed by atoms with Gasteiger partial charge in [0.1, 0.15) is 5.82 Å². The summed E-state index contributed by atoms with van der Waals surface area (Å²) < 4.78 is 0. The number of rotatable bonds is 6. The van der Waals surface area contributed by atoms with E-state index in [1.807, 2.05) is 12.1 Å². The van der Waals surface area contributed by atoms with E-state index in [9.17, 15) is 9.59 Å². The van der Waals surface area contributed by atoms with Crippen LogP contribution in [0.15, 0.2) is 36.5 Å². The lowest BCUT2D eigenvalue weighted by Crippen LogP contribution is -2.36. The van der Waals surface area contributed by atoms with Crippen LogP contribution in [0, 0.1) is 0 Å². The van der Waals surface area contributed by atoms with Gasteiger partial charge in [-0.3, -0.25) is 4.79 Å². The Labute approximate surface area is 173 Å². The molecule has 0 spiro atoms. The zero-order chi connectivity index (χ0) is 19.9. The Balaban J connectivity index is 1.38. The fourth-order valence-corrected chi connectivity index (χ4v) is 3.16. The van der Waals surface area contributed by atoms with E-state index in [0.29, 0.717) is 21.3 Å². The number of urea groups is 1. The zero-order valence-electron chi connectivity index (χ0n) is 15.2. The van der Waals surface area contributed by atoms with Gasteiger partial charge in [-0.25, -0.2) is 9.78 Å². The predicted octanol–water partition coefficient (Wildman–Crippen LogP) is 3.54. The maximum Gasteiger partial charge on any atom is 0.319 e. The van der Waals surface area contributed by atoms with Crippen LogP contribution in [0.4, 0.5) is 16.3 Å². The number of amides is 3. The number of nitrogens with zero attached hydrogens (tertiary/aromatic N) is 2. The van der Waals surface area contributed by atoms with E-state index in [1.54, 1.807) is 18.3 Å². The smallest absolute Gasteiger partial charge is 0.319 e. The fraction of sp³-hybridized carbons (Fsp3) is 0.316. The third-order valence-electron chi connectivity index (χ3n) is 4.31. The molecule has 3 amide bonds. The molecule has 0 aliphatic carbocycles. The van der Waals surface area contributed by atoms with Crippen LogP contribution in [0.5, 0.6) is 0 Å². The van der Waals surface area contributed by atoms with Crippen molar-refractivity contribution in [3.05, 3.63) is 52.1 Å². The van der Waals surface area contributed by atoms with Gasteiger partial charge in [0, 0.05) is 31.7 Å². The Morgan fingerprint density at radius 3 is 2.43 bits per heavy atom. The van der Waals surface area contributed by atoms with E-state index >= 15 is 0 Å². The average Bonchev–Trinajstić information content (AvgIpc) is 3.22. The largest absolute Gasteiger partial charge is 0.357 e. The molecule has 1 aliphatic heterocycles. The molecule has 1 aliphatic rings. The summed E-state index contributed by atoms with van der Waals surface area (Å²) in [6.45, 7) is 2.60. The lowest BCUT2D eigenvalue weighted by molar-refractivity contribution is 0.0954. The number of benzene rings is 1. The summed E-state index contributed by atoms with van der Waals surface area (Å²) in [5.74, 6) is 0.635. The Kier molecular flexibility index (Phi) is 6.95. The molecule has 0 bridgehead atoms. The van der Waals surface area contributed by atoms with Gasteiger partial charge in [-0.2, -0.15) is 0 Å². The minimum Gasteiger partial charge on any atom is -0.357 e. The van der Waals surface area contributed by atoms with Gasteiger partial charge in [-0.15, -0.1) is 0 Å². The van der Waals surface area contributed by atoms with E-state index in [-0.39, 0.29) is 25.0 Å². The minimum absolute atomic E-state index is 0.276. The number of anilines is 2. The van der Waals surface area contributed by atoms with Gasteiger partial charge in [0.05, 0.1) is 21.9 Å². The van der Waals surface area contributed by atoms with Crippen LogP contribution in [0.25, 0.3) is 0 Å². The molecular weight excluding hydrogens is 401 g/mol. The molecule has 1 aromatic carbocycles. The van der Waals surface area contributed by atoms with Crippen molar-refractivity contribution >= 4 is 46.6 Å². The number of pyridine rings is 1. The normalized spacial score (nSPS) is 13.3. The number of halogens is 2. The van der Waals surface area contributed by atoms with Crippen molar-refractivity contribution in [2.75, 3.05) is 36.4 Å². The van der Waals surface area contributed by atoms with Crippen molar-refractivity contribution in [1.29, 1.82) is 0 Å². The summed E-state index contributed by atoms with van der Waals surface area (Å²) in [6, 6.07) is 8.01. The summed E-state index contributed by atoms with van der Waals surface area (Å²) in [4.78, 5) is 30.6. The molecule has 2 heterocycles. The van der Waals surface area contributed by atoms with Crippen LogP contribution >= 0.6 is 23.2 Å². The highest BCUT2D eigenvalue weighted by atomic mass is 35.5. The van der Waals surface area contributed by atoms with Crippen LogP contribution in [-0.4, -0.2) is 43.1 Å². The van der Waals surface area contributed by atoms with Crippen molar-refractivity contribution in [3.63, 3.8) is 0 Å². The first-order chi connectivity index (χ1) is 13.5. The predicted molar refractivity (Wildman–Crippen MR) is 112 cm³/mol. The molecule has 9 heteroatoms. The van der Waals surface area contributed by atoms with Gasteiger partial charge < -0.3 is 20.9 Å². The molecule has 0 unspecified atom stereocenters. The molecule has 2 aromatic rings. The van der Waals surface area contributed by atoms with E-state index in [1.165, 1.54) is 18.9 Å². The molecule has 1 aromatic heterocycles. The van der Waals surface area contributed by atoms with Crippen LogP contribution in [-0.2, 0) is 0 Å². The first-order valence-electron chi connectivity index (χ1n) is 9.02. The van der Waals surface area contributed by atoms with Crippen LogP contribution in [0.2, 0.25) is 10.0 Å². The van der Waals surface area contributed by atoms with Gasteiger partial charge in [-0.05, 0) is 43.2 Å². The maximum absolute atomic E-state index is 12.0. The minimum atomic E-state index is -0.362. The SMILES string of the molecule is O=C(NCCNC(=O)c1ccc(Cl)c(Cl)c1)Nc1ccc(N2CCCC2)nc1. The molecule has 7 nitrogen and oxygen atoms in total.